The van der Waals surface area contributed by atoms with Crippen molar-refractivity contribution in [3.8, 4) is 5.75 Å². The van der Waals surface area contributed by atoms with Crippen molar-refractivity contribution < 1.29 is 9.53 Å². The maximum absolute atomic E-state index is 12.3. The van der Waals surface area contributed by atoms with E-state index in [0.717, 1.165) is 5.69 Å². The van der Waals surface area contributed by atoms with E-state index < -0.39 is 0 Å². The molecule has 5 heteroatoms. The van der Waals surface area contributed by atoms with Crippen molar-refractivity contribution in [3.63, 3.8) is 0 Å². The van der Waals surface area contributed by atoms with Crippen LogP contribution in [0.5, 0.6) is 5.75 Å². The van der Waals surface area contributed by atoms with Crippen LogP contribution < -0.4 is 9.64 Å². The van der Waals surface area contributed by atoms with Crippen LogP contribution in [0.15, 0.2) is 48.5 Å². The lowest BCUT2D eigenvalue weighted by molar-refractivity contribution is -0.120. The standard InChI is InChI=1S/C16H15Cl2NO2/c1-2-19(13-6-4-3-5-7-13)16(20)11-21-15-9-8-12(17)10-14(15)18/h3-10H,2,11H2,1H3. The highest BCUT2D eigenvalue weighted by molar-refractivity contribution is 6.35. The number of benzene rings is 2. The molecule has 110 valence electrons. The number of nitrogens with zero attached hydrogens (tertiary/aromatic N) is 1. The SMILES string of the molecule is CCN(C(=O)COc1ccc(Cl)cc1Cl)c1ccccc1. The van der Waals surface area contributed by atoms with E-state index >= 15 is 0 Å². The highest BCUT2D eigenvalue weighted by atomic mass is 35.5. The minimum Gasteiger partial charge on any atom is -0.482 e. The number of hydrogen-bond acceptors (Lipinski definition) is 2. The fourth-order valence-corrected chi connectivity index (χ4v) is 2.38. The van der Waals surface area contributed by atoms with Crippen LogP contribution in [0.2, 0.25) is 10.0 Å². The first-order valence-electron chi connectivity index (χ1n) is 6.55. The summed E-state index contributed by atoms with van der Waals surface area (Å²) < 4.78 is 5.48. The van der Waals surface area contributed by atoms with E-state index in [1.165, 1.54) is 0 Å². The Kier molecular flexibility index (Phi) is 5.48. The highest BCUT2D eigenvalue weighted by Gasteiger charge is 2.15. The number of carbonyl (C=O) groups excluding carboxylic acids is 1. The largest absolute Gasteiger partial charge is 0.482 e. The molecule has 0 aromatic heterocycles. The Hall–Kier alpha value is -1.71. The molecule has 0 saturated heterocycles. The highest BCUT2D eigenvalue weighted by Crippen LogP contribution is 2.27. The fraction of sp³-hybridized carbons (Fsp3) is 0.188. The van der Waals surface area contributed by atoms with E-state index in [9.17, 15) is 4.79 Å². The molecule has 3 nitrogen and oxygen atoms in total. The third-order valence-corrected chi connectivity index (χ3v) is 3.46. The number of likely N-dealkylation sites (N-methyl/N-ethyl adjacent to an activating group) is 1. The lowest BCUT2D eigenvalue weighted by Gasteiger charge is -2.21. The van der Waals surface area contributed by atoms with Gasteiger partial charge in [-0.3, -0.25) is 4.79 Å². The van der Waals surface area contributed by atoms with Gasteiger partial charge in [-0.2, -0.15) is 0 Å². The van der Waals surface area contributed by atoms with Gasteiger partial charge in [0.1, 0.15) is 5.75 Å². The number of carbonyl (C=O) groups is 1. The number of hydrogen-bond donors (Lipinski definition) is 0. The van der Waals surface area contributed by atoms with Gasteiger partial charge in [0.15, 0.2) is 6.61 Å². The normalized spacial score (nSPS) is 10.2. The van der Waals surface area contributed by atoms with Gasteiger partial charge < -0.3 is 9.64 Å². The van der Waals surface area contributed by atoms with Crippen LogP contribution in [0.4, 0.5) is 5.69 Å². The molecule has 0 aliphatic rings. The number of ether oxygens (including phenoxy) is 1. The molecule has 2 rings (SSSR count). The molecule has 1 amide bonds. The van der Waals surface area contributed by atoms with Gasteiger partial charge in [0.25, 0.3) is 5.91 Å². The topological polar surface area (TPSA) is 29.5 Å². The predicted molar refractivity (Wildman–Crippen MR) is 86.4 cm³/mol. The quantitative estimate of drug-likeness (QED) is 0.814. The summed E-state index contributed by atoms with van der Waals surface area (Å²) >= 11 is 11.8. The molecule has 2 aromatic carbocycles. The molecule has 21 heavy (non-hydrogen) atoms. The van der Waals surface area contributed by atoms with Crippen molar-refractivity contribution in [1.82, 2.24) is 0 Å². The predicted octanol–water partition coefficient (Wildman–Crippen LogP) is 4.43. The molecular formula is C16H15Cl2NO2. The van der Waals surface area contributed by atoms with Gasteiger partial charge in [-0.15, -0.1) is 0 Å². The Labute approximate surface area is 134 Å². The number of rotatable bonds is 5. The average molecular weight is 324 g/mol. The summed E-state index contributed by atoms with van der Waals surface area (Å²) in [5.41, 5.74) is 0.843. The summed E-state index contributed by atoms with van der Waals surface area (Å²) in [6.07, 6.45) is 0. The van der Waals surface area contributed by atoms with Crippen LogP contribution in [-0.2, 0) is 4.79 Å². The first-order chi connectivity index (χ1) is 10.1. The second-order valence-corrected chi connectivity index (χ2v) is 5.18. The minimum atomic E-state index is -0.130. The van der Waals surface area contributed by atoms with E-state index in [2.05, 4.69) is 0 Å². The fourth-order valence-electron chi connectivity index (χ4n) is 1.92. The third kappa shape index (κ3) is 4.13. The van der Waals surface area contributed by atoms with E-state index in [1.54, 1.807) is 23.1 Å². The second kappa shape index (κ2) is 7.34. The lowest BCUT2D eigenvalue weighted by atomic mass is 10.3. The third-order valence-electron chi connectivity index (χ3n) is 2.93. The smallest absolute Gasteiger partial charge is 0.264 e. The Bertz CT molecular complexity index is 617. The zero-order valence-corrected chi connectivity index (χ0v) is 13.1. The van der Waals surface area contributed by atoms with Crippen molar-refractivity contribution in [2.24, 2.45) is 0 Å². The molecule has 0 N–H and O–H groups in total. The summed E-state index contributed by atoms with van der Waals surface area (Å²) in [4.78, 5) is 13.9. The molecule has 0 radical (unpaired) electrons. The zero-order chi connectivity index (χ0) is 15.2. The van der Waals surface area contributed by atoms with Gasteiger partial charge in [-0.1, -0.05) is 41.4 Å². The lowest BCUT2D eigenvalue weighted by Crippen LogP contribution is -2.34. The van der Waals surface area contributed by atoms with Crippen molar-refractivity contribution in [1.29, 1.82) is 0 Å². The van der Waals surface area contributed by atoms with Crippen LogP contribution in [0.3, 0.4) is 0 Å². The number of para-hydroxylation sites is 1. The molecular weight excluding hydrogens is 309 g/mol. The molecule has 0 atom stereocenters. The molecule has 0 heterocycles. The van der Waals surface area contributed by atoms with Crippen molar-refractivity contribution in [2.45, 2.75) is 6.92 Å². The molecule has 0 fully saturated rings. The summed E-state index contributed by atoms with van der Waals surface area (Å²) in [6.45, 7) is 2.41. The van der Waals surface area contributed by atoms with E-state index in [1.807, 2.05) is 37.3 Å². The summed E-state index contributed by atoms with van der Waals surface area (Å²) in [5.74, 6) is 0.313. The maximum atomic E-state index is 12.3. The van der Waals surface area contributed by atoms with E-state index in [4.69, 9.17) is 27.9 Å². The Morgan fingerprint density at radius 1 is 1.14 bits per heavy atom. The Morgan fingerprint density at radius 3 is 2.48 bits per heavy atom. The molecule has 2 aromatic rings. The Morgan fingerprint density at radius 2 is 1.86 bits per heavy atom. The van der Waals surface area contributed by atoms with Crippen LogP contribution in [0, 0.1) is 0 Å². The van der Waals surface area contributed by atoms with Gasteiger partial charge in [-0.05, 0) is 37.3 Å². The number of anilines is 1. The molecule has 0 aliphatic carbocycles. The van der Waals surface area contributed by atoms with Crippen molar-refractivity contribution in [3.05, 3.63) is 58.6 Å². The minimum absolute atomic E-state index is 0.0793. The summed E-state index contributed by atoms with van der Waals surface area (Å²) in [6, 6.07) is 14.4. The van der Waals surface area contributed by atoms with Crippen molar-refractivity contribution in [2.75, 3.05) is 18.1 Å². The van der Waals surface area contributed by atoms with Gasteiger partial charge in [0.2, 0.25) is 0 Å². The van der Waals surface area contributed by atoms with Crippen molar-refractivity contribution >= 4 is 34.8 Å². The first-order valence-corrected chi connectivity index (χ1v) is 7.30. The maximum Gasteiger partial charge on any atom is 0.264 e. The van der Waals surface area contributed by atoms with Gasteiger partial charge >= 0.3 is 0 Å². The van der Waals surface area contributed by atoms with Crippen LogP contribution in [0.25, 0.3) is 0 Å². The van der Waals surface area contributed by atoms with Gasteiger partial charge in [-0.25, -0.2) is 0 Å². The summed E-state index contributed by atoms with van der Waals surface area (Å²) in [5, 5.41) is 0.913. The zero-order valence-electron chi connectivity index (χ0n) is 11.6. The van der Waals surface area contributed by atoms with Gasteiger partial charge in [0, 0.05) is 17.3 Å². The van der Waals surface area contributed by atoms with Crippen LogP contribution in [-0.4, -0.2) is 19.1 Å². The second-order valence-electron chi connectivity index (χ2n) is 4.34. The average Bonchev–Trinajstić information content (AvgIpc) is 2.48. The molecule has 0 bridgehead atoms. The number of halogens is 2. The van der Waals surface area contributed by atoms with E-state index in [0.29, 0.717) is 22.3 Å². The monoisotopic (exact) mass is 323 g/mol. The molecule has 0 aliphatic heterocycles. The number of amides is 1. The van der Waals surface area contributed by atoms with Crippen LogP contribution >= 0.6 is 23.2 Å². The molecule has 0 unspecified atom stereocenters. The van der Waals surface area contributed by atoms with E-state index in [-0.39, 0.29) is 12.5 Å². The van der Waals surface area contributed by atoms with Crippen LogP contribution in [0.1, 0.15) is 6.92 Å². The first kappa shape index (κ1) is 15.7. The summed E-state index contributed by atoms with van der Waals surface area (Å²) in [7, 11) is 0. The Balaban J connectivity index is 2.03. The van der Waals surface area contributed by atoms with Gasteiger partial charge in [0.05, 0.1) is 5.02 Å². The molecule has 0 spiro atoms. The molecule has 0 saturated carbocycles.